The van der Waals surface area contributed by atoms with Crippen LogP contribution in [0.15, 0.2) is 17.0 Å². The molecule has 0 aromatic heterocycles. The fraction of sp³-hybridized carbons (Fsp3) is 0.600. The van der Waals surface area contributed by atoms with E-state index in [9.17, 15) is 13.5 Å². The Bertz CT molecular complexity index is 691. The fourth-order valence-corrected chi connectivity index (χ4v) is 5.20. The van der Waals surface area contributed by atoms with Crippen LogP contribution in [0.5, 0.6) is 5.75 Å². The van der Waals surface area contributed by atoms with Crippen molar-refractivity contribution < 1.29 is 18.3 Å². The van der Waals surface area contributed by atoms with Crippen LogP contribution in [-0.2, 0) is 16.4 Å². The molecule has 0 saturated carbocycles. The monoisotopic (exact) mass is 345 g/mol. The second-order valence-corrected chi connectivity index (χ2v) is 8.61. The molecule has 3 rings (SSSR count). The predicted octanol–water partition coefficient (Wildman–Crippen LogP) is 1.91. The Morgan fingerprint density at radius 2 is 2.09 bits per heavy atom. The van der Waals surface area contributed by atoms with E-state index in [2.05, 4.69) is 0 Å². The summed E-state index contributed by atoms with van der Waals surface area (Å²) >= 11 is 6.19. The predicted molar refractivity (Wildman–Crippen MR) is 83.7 cm³/mol. The Kier molecular flexibility index (Phi) is 4.14. The second-order valence-electron chi connectivity index (χ2n) is 6.27. The van der Waals surface area contributed by atoms with E-state index in [1.165, 1.54) is 10.4 Å². The molecule has 0 amide bonds. The molecule has 0 bridgehead atoms. The molecule has 1 saturated heterocycles. The Morgan fingerprint density at radius 3 is 2.73 bits per heavy atom. The number of hydrogen-bond acceptors (Lipinski definition) is 4. The molecule has 5 nitrogen and oxygen atoms in total. The summed E-state index contributed by atoms with van der Waals surface area (Å²) in [7, 11) is -3.59. The van der Waals surface area contributed by atoms with Crippen LogP contribution in [0.25, 0.3) is 0 Å². The third-order valence-electron chi connectivity index (χ3n) is 4.53. The molecular formula is C15H20ClNO4S. The molecule has 1 fully saturated rings. The van der Waals surface area contributed by atoms with Gasteiger partial charge in [0.2, 0.25) is 10.0 Å². The summed E-state index contributed by atoms with van der Waals surface area (Å²) < 4.78 is 32.7. The first-order valence-electron chi connectivity index (χ1n) is 7.43. The van der Waals surface area contributed by atoms with Gasteiger partial charge in [0.15, 0.2) is 0 Å². The van der Waals surface area contributed by atoms with Crippen molar-refractivity contribution in [3.05, 3.63) is 22.7 Å². The molecule has 122 valence electrons. The maximum absolute atomic E-state index is 12.8. The first-order valence-corrected chi connectivity index (χ1v) is 9.24. The molecule has 0 aliphatic carbocycles. The first kappa shape index (κ1) is 16.1. The molecule has 0 unspecified atom stereocenters. The molecule has 0 radical (unpaired) electrons. The summed E-state index contributed by atoms with van der Waals surface area (Å²) in [6.07, 6.45) is 0.671. The van der Waals surface area contributed by atoms with E-state index in [4.69, 9.17) is 16.3 Å². The van der Waals surface area contributed by atoms with Gasteiger partial charge >= 0.3 is 0 Å². The van der Waals surface area contributed by atoms with Crippen molar-refractivity contribution in [3.8, 4) is 5.75 Å². The van der Waals surface area contributed by atoms with E-state index < -0.39 is 10.0 Å². The summed E-state index contributed by atoms with van der Waals surface area (Å²) in [5, 5.41) is 9.67. The number of ether oxygens (including phenoxy) is 1. The van der Waals surface area contributed by atoms with Gasteiger partial charge in [0.05, 0.1) is 9.92 Å². The van der Waals surface area contributed by atoms with Crippen LogP contribution in [0.2, 0.25) is 5.02 Å². The minimum absolute atomic E-state index is 0.00346. The third kappa shape index (κ3) is 2.62. The number of aliphatic hydroxyl groups is 1. The largest absolute Gasteiger partial charge is 0.489 e. The van der Waals surface area contributed by atoms with E-state index in [1.807, 2.05) is 13.8 Å². The van der Waals surface area contributed by atoms with Gasteiger partial charge in [-0.15, -0.1) is 0 Å². The molecule has 3 atom stereocenters. The van der Waals surface area contributed by atoms with Crippen molar-refractivity contribution in [2.45, 2.75) is 31.3 Å². The van der Waals surface area contributed by atoms with Gasteiger partial charge in [0.1, 0.15) is 11.9 Å². The Morgan fingerprint density at radius 1 is 1.36 bits per heavy atom. The molecule has 1 N–H and O–H groups in total. The maximum atomic E-state index is 12.8. The molecule has 2 aliphatic rings. The van der Waals surface area contributed by atoms with Crippen LogP contribution in [0.4, 0.5) is 0 Å². The van der Waals surface area contributed by atoms with Gasteiger partial charge in [-0.3, -0.25) is 0 Å². The number of benzene rings is 1. The summed E-state index contributed by atoms with van der Waals surface area (Å²) in [4.78, 5) is 0.208. The second kappa shape index (κ2) is 5.67. The highest BCUT2D eigenvalue weighted by Gasteiger charge is 2.37. The van der Waals surface area contributed by atoms with Crippen LogP contribution in [0.1, 0.15) is 19.4 Å². The number of fused-ring (bicyclic) bond motifs is 1. The van der Waals surface area contributed by atoms with Crippen LogP contribution >= 0.6 is 11.6 Å². The molecular weight excluding hydrogens is 326 g/mol. The first-order chi connectivity index (χ1) is 10.3. The molecule has 1 aromatic rings. The molecule has 2 heterocycles. The third-order valence-corrected chi connectivity index (χ3v) is 6.62. The van der Waals surface area contributed by atoms with Crippen LogP contribution in [-0.4, -0.2) is 43.6 Å². The Hall–Kier alpha value is -0.820. The number of nitrogens with zero attached hydrogens (tertiary/aromatic N) is 1. The average molecular weight is 346 g/mol. The zero-order chi connectivity index (χ0) is 16.1. The van der Waals surface area contributed by atoms with Crippen molar-refractivity contribution in [1.29, 1.82) is 0 Å². The SMILES string of the molecule is C[C@@H]1CN(S(=O)(=O)c2cc(Cl)c3c(c2)C[C@H](C)O3)C[C@H]1CO. The van der Waals surface area contributed by atoms with Crippen molar-refractivity contribution in [2.24, 2.45) is 11.8 Å². The molecule has 0 spiro atoms. The number of sulfonamides is 1. The fourth-order valence-electron chi connectivity index (χ4n) is 3.18. The number of halogens is 1. The van der Waals surface area contributed by atoms with Gasteiger partial charge in [-0.2, -0.15) is 4.31 Å². The van der Waals surface area contributed by atoms with E-state index in [-0.39, 0.29) is 29.4 Å². The maximum Gasteiger partial charge on any atom is 0.243 e. The minimum atomic E-state index is -3.59. The number of aliphatic hydroxyl groups excluding tert-OH is 1. The van der Waals surface area contributed by atoms with Crippen LogP contribution in [0.3, 0.4) is 0 Å². The van der Waals surface area contributed by atoms with Gasteiger partial charge in [0.25, 0.3) is 0 Å². The van der Waals surface area contributed by atoms with E-state index in [0.717, 1.165) is 5.56 Å². The highest BCUT2D eigenvalue weighted by atomic mass is 35.5. The van der Waals surface area contributed by atoms with Crippen LogP contribution in [0, 0.1) is 11.8 Å². The topological polar surface area (TPSA) is 66.8 Å². The summed E-state index contributed by atoms with van der Waals surface area (Å²) in [6, 6.07) is 3.13. The zero-order valence-corrected chi connectivity index (χ0v) is 14.2. The van der Waals surface area contributed by atoms with E-state index >= 15 is 0 Å². The number of hydrogen-bond donors (Lipinski definition) is 1. The van der Waals surface area contributed by atoms with Gasteiger partial charge in [0, 0.05) is 31.7 Å². The Labute approximate surface area is 135 Å². The lowest BCUT2D eigenvalue weighted by atomic mass is 10.00. The van der Waals surface area contributed by atoms with Gasteiger partial charge in [-0.05, 0) is 30.9 Å². The van der Waals surface area contributed by atoms with E-state index in [1.54, 1.807) is 6.07 Å². The minimum Gasteiger partial charge on any atom is -0.489 e. The molecule has 2 aliphatic heterocycles. The average Bonchev–Trinajstić information content (AvgIpc) is 3.01. The van der Waals surface area contributed by atoms with Crippen molar-refractivity contribution in [1.82, 2.24) is 4.31 Å². The lowest BCUT2D eigenvalue weighted by Gasteiger charge is -2.17. The van der Waals surface area contributed by atoms with Crippen LogP contribution < -0.4 is 4.74 Å². The quantitative estimate of drug-likeness (QED) is 0.908. The summed E-state index contributed by atoms with van der Waals surface area (Å²) in [5.74, 6) is 0.729. The summed E-state index contributed by atoms with van der Waals surface area (Å²) in [6.45, 7) is 4.67. The van der Waals surface area contributed by atoms with E-state index in [0.29, 0.717) is 30.3 Å². The normalized spacial score (nSPS) is 28.6. The zero-order valence-electron chi connectivity index (χ0n) is 12.6. The van der Waals surface area contributed by atoms with Crippen molar-refractivity contribution in [3.63, 3.8) is 0 Å². The van der Waals surface area contributed by atoms with Crippen molar-refractivity contribution >= 4 is 21.6 Å². The lowest BCUT2D eigenvalue weighted by Crippen LogP contribution is -2.29. The van der Waals surface area contributed by atoms with Gasteiger partial charge in [-0.25, -0.2) is 8.42 Å². The molecule has 22 heavy (non-hydrogen) atoms. The number of rotatable bonds is 3. The van der Waals surface area contributed by atoms with Crippen molar-refractivity contribution in [2.75, 3.05) is 19.7 Å². The smallest absolute Gasteiger partial charge is 0.243 e. The highest BCUT2D eigenvalue weighted by molar-refractivity contribution is 7.89. The standard InChI is InChI=1S/C15H20ClNO4S/c1-9-6-17(7-12(9)8-18)22(19,20)13-4-11-3-10(2)21-15(11)14(16)5-13/h4-5,9-10,12,18H,3,6-8H2,1-2H3/t9-,10+,12+/m1/s1. The Balaban J connectivity index is 1.94. The van der Waals surface area contributed by atoms with Gasteiger partial charge < -0.3 is 9.84 Å². The van der Waals surface area contributed by atoms with Gasteiger partial charge in [-0.1, -0.05) is 18.5 Å². The summed E-state index contributed by atoms with van der Waals surface area (Å²) in [5.41, 5.74) is 0.838. The molecule has 1 aromatic carbocycles. The lowest BCUT2D eigenvalue weighted by molar-refractivity contribution is 0.210. The molecule has 7 heteroatoms. The highest BCUT2D eigenvalue weighted by Crippen LogP contribution is 2.39.